The maximum absolute atomic E-state index is 13.9. The van der Waals surface area contributed by atoms with Crippen LogP contribution >= 0.6 is 11.6 Å². The van der Waals surface area contributed by atoms with Crippen LogP contribution in [0.4, 0.5) is 5.69 Å². The number of carbonyl (C=O) groups is 2. The van der Waals surface area contributed by atoms with Gasteiger partial charge in [-0.3, -0.25) is 13.9 Å². The molecule has 37 heavy (non-hydrogen) atoms. The monoisotopic (exact) mass is 541 g/mol. The van der Waals surface area contributed by atoms with Crippen molar-refractivity contribution >= 4 is 39.1 Å². The number of amides is 2. The molecule has 1 atom stereocenters. The highest BCUT2D eigenvalue weighted by Gasteiger charge is 2.34. The Morgan fingerprint density at radius 2 is 1.59 bits per heavy atom. The molecule has 0 aliphatic carbocycles. The molecular weight excluding hydrogens is 510 g/mol. The van der Waals surface area contributed by atoms with Crippen molar-refractivity contribution in [1.82, 2.24) is 10.2 Å². The first kappa shape index (κ1) is 28.2. The molecule has 3 aromatic carbocycles. The Morgan fingerprint density at radius 1 is 0.946 bits per heavy atom. The number of halogens is 1. The van der Waals surface area contributed by atoms with Crippen molar-refractivity contribution < 1.29 is 18.0 Å². The van der Waals surface area contributed by atoms with Crippen molar-refractivity contribution in [1.29, 1.82) is 0 Å². The van der Waals surface area contributed by atoms with E-state index in [4.69, 9.17) is 11.6 Å². The second-order valence-electron chi connectivity index (χ2n) is 8.75. The topological polar surface area (TPSA) is 86.8 Å². The highest BCUT2D eigenvalue weighted by molar-refractivity contribution is 7.92. The zero-order valence-corrected chi connectivity index (χ0v) is 23.0. The Hall–Kier alpha value is -3.36. The number of likely N-dealkylation sites (N-methyl/N-ethyl adjacent to an activating group) is 1. The molecule has 0 aliphatic heterocycles. The summed E-state index contributed by atoms with van der Waals surface area (Å²) in [6.07, 6.45) is 0.360. The smallest absolute Gasteiger partial charge is 0.264 e. The lowest BCUT2D eigenvalue weighted by atomic mass is 10.1. The Kier molecular flexibility index (Phi) is 9.34. The average Bonchev–Trinajstić information content (AvgIpc) is 2.90. The van der Waals surface area contributed by atoms with Crippen LogP contribution in [0.3, 0.4) is 0 Å². The number of benzene rings is 3. The highest BCUT2D eigenvalue weighted by Crippen LogP contribution is 2.31. The quantitative estimate of drug-likeness (QED) is 0.403. The van der Waals surface area contributed by atoms with Gasteiger partial charge in [-0.15, -0.1) is 0 Å². The van der Waals surface area contributed by atoms with Gasteiger partial charge < -0.3 is 10.2 Å². The van der Waals surface area contributed by atoms with Crippen LogP contribution < -0.4 is 9.62 Å². The van der Waals surface area contributed by atoms with E-state index in [2.05, 4.69) is 5.32 Å². The molecule has 1 unspecified atom stereocenters. The van der Waals surface area contributed by atoms with E-state index in [9.17, 15) is 18.0 Å². The van der Waals surface area contributed by atoms with Crippen molar-refractivity contribution in [3.05, 3.63) is 94.5 Å². The van der Waals surface area contributed by atoms with Crippen molar-refractivity contribution in [3.63, 3.8) is 0 Å². The van der Waals surface area contributed by atoms with Gasteiger partial charge in [0.15, 0.2) is 0 Å². The maximum atomic E-state index is 13.9. The van der Waals surface area contributed by atoms with E-state index in [1.165, 1.54) is 24.1 Å². The van der Waals surface area contributed by atoms with Crippen LogP contribution in [0.15, 0.2) is 77.7 Å². The molecule has 0 fully saturated rings. The zero-order chi connectivity index (χ0) is 27.2. The lowest BCUT2D eigenvalue weighted by Crippen LogP contribution is -2.51. The predicted octanol–water partition coefficient (Wildman–Crippen LogP) is 4.71. The summed E-state index contributed by atoms with van der Waals surface area (Å²) >= 11 is 6.34. The molecule has 9 heteroatoms. The molecule has 3 rings (SSSR count). The normalized spacial score (nSPS) is 12.0. The molecule has 0 radical (unpaired) electrons. The lowest BCUT2D eigenvalue weighted by Gasteiger charge is -2.33. The second kappa shape index (κ2) is 12.3. The van der Waals surface area contributed by atoms with Gasteiger partial charge in [0, 0.05) is 18.6 Å². The Balaban J connectivity index is 2.09. The molecule has 0 aliphatic rings. The largest absolute Gasteiger partial charge is 0.357 e. The molecule has 0 heterocycles. The Labute approximate surface area is 224 Å². The minimum absolute atomic E-state index is 0.0469. The Bertz CT molecular complexity index is 1350. The van der Waals surface area contributed by atoms with E-state index in [-0.39, 0.29) is 17.3 Å². The second-order valence-corrected chi connectivity index (χ2v) is 11.0. The van der Waals surface area contributed by atoms with Crippen LogP contribution in [0.25, 0.3) is 0 Å². The number of rotatable bonds is 10. The van der Waals surface area contributed by atoms with E-state index in [0.29, 0.717) is 22.7 Å². The summed E-state index contributed by atoms with van der Waals surface area (Å²) in [7, 11) is -2.62. The van der Waals surface area contributed by atoms with E-state index in [1.807, 2.05) is 38.1 Å². The van der Waals surface area contributed by atoms with Gasteiger partial charge in [0.1, 0.15) is 12.6 Å². The van der Waals surface area contributed by atoms with Gasteiger partial charge in [-0.25, -0.2) is 8.42 Å². The fourth-order valence-electron chi connectivity index (χ4n) is 4.08. The van der Waals surface area contributed by atoms with E-state index in [0.717, 1.165) is 15.4 Å². The summed E-state index contributed by atoms with van der Waals surface area (Å²) in [5.41, 5.74) is 2.72. The summed E-state index contributed by atoms with van der Waals surface area (Å²) in [5, 5.41) is 3.00. The zero-order valence-electron chi connectivity index (χ0n) is 21.4. The van der Waals surface area contributed by atoms with Crippen LogP contribution in [0.2, 0.25) is 5.02 Å². The van der Waals surface area contributed by atoms with E-state index >= 15 is 0 Å². The standard InChI is InChI=1S/C28H32ClN3O4S/c1-5-25(28(34)30-4)31(18-22-16-14-20(2)15-17-22)27(33)19-32(26-13-9-12-24(29)21(26)3)37(35,36)23-10-7-6-8-11-23/h6-17,25H,5,18-19H2,1-4H3,(H,30,34). The third kappa shape index (κ3) is 6.50. The summed E-state index contributed by atoms with van der Waals surface area (Å²) in [4.78, 5) is 28.1. The first-order chi connectivity index (χ1) is 17.6. The van der Waals surface area contributed by atoms with Crippen LogP contribution in [-0.2, 0) is 26.2 Å². The molecule has 0 bridgehead atoms. The van der Waals surface area contributed by atoms with Crippen LogP contribution in [0.5, 0.6) is 0 Å². The number of sulfonamides is 1. The number of nitrogens with zero attached hydrogens (tertiary/aromatic N) is 2. The fourth-order valence-corrected chi connectivity index (χ4v) is 5.74. The highest BCUT2D eigenvalue weighted by atomic mass is 35.5. The van der Waals surface area contributed by atoms with Gasteiger partial charge >= 0.3 is 0 Å². The van der Waals surface area contributed by atoms with Gasteiger partial charge in [0.05, 0.1) is 10.6 Å². The number of hydrogen-bond donors (Lipinski definition) is 1. The lowest BCUT2D eigenvalue weighted by molar-refractivity contribution is -0.140. The predicted molar refractivity (Wildman–Crippen MR) is 147 cm³/mol. The third-order valence-corrected chi connectivity index (χ3v) is 8.41. The van der Waals surface area contributed by atoms with Crippen LogP contribution in [0.1, 0.15) is 30.0 Å². The third-order valence-electron chi connectivity index (χ3n) is 6.22. The summed E-state index contributed by atoms with van der Waals surface area (Å²) in [6, 6.07) is 19.7. The number of carbonyl (C=O) groups excluding carboxylic acids is 2. The van der Waals surface area contributed by atoms with Crippen molar-refractivity contribution in [2.24, 2.45) is 0 Å². The van der Waals surface area contributed by atoms with Crippen molar-refractivity contribution in [2.45, 2.75) is 44.7 Å². The maximum Gasteiger partial charge on any atom is 0.264 e. The summed E-state index contributed by atoms with van der Waals surface area (Å²) in [6.45, 7) is 5.14. The van der Waals surface area contributed by atoms with Gasteiger partial charge in [0.25, 0.3) is 10.0 Å². The number of aryl methyl sites for hydroxylation is 1. The number of hydrogen-bond acceptors (Lipinski definition) is 4. The molecule has 7 nitrogen and oxygen atoms in total. The van der Waals surface area contributed by atoms with Gasteiger partial charge in [-0.2, -0.15) is 0 Å². The minimum Gasteiger partial charge on any atom is -0.357 e. The first-order valence-corrected chi connectivity index (χ1v) is 13.8. The van der Waals surface area contributed by atoms with Gasteiger partial charge in [-0.05, 0) is 55.7 Å². The van der Waals surface area contributed by atoms with E-state index in [1.54, 1.807) is 43.3 Å². The van der Waals surface area contributed by atoms with Crippen LogP contribution in [0, 0.1) is 13.8 Å². The molecule has 0 spiro atoms. The molecule has 0 saturated heterocycles. The molecule has 3 aromatic rings. The van der Waals surface area contributed by atoms with Gasteiger partial charge in [0.2, 0.25) is 11.8 Å². The minimum atomic E-state index is -4.13. The molecule has 2 amide bonds. The van der Waals surface area contributed by atoms with Crippen molar-refractivity contribution in [2.75, 3.05) is 17.9 Å². The molecule has 0 saturated carbocycles. The average molecular weight is 542 g/mol. The summed E-state index contributed by atoms with van der Waals surface area (Å²) < 4.78 is 28.7. The Morgan fingerprint density at radius 3 is 2.19 bits per heavy atom. The van der Waals surface area contributed by atoms with Crippen LogP contribution in [-0.4, -0.2) is 44.8 Å². The number of anilines is 1. The summed E-state index contributed by atoms with van der Waals surface area (Å²) in [5.74, 6) is -0.825. The van der Waals surface area contributed by atoms with Gasteiger partial charge in [-0.1, -0.05) is 72.6 Å². The molecule has 0 aromatic heterocycles. The van der Waals surface area contributed by atoms with E-state index < -0.39 is 28.5 Å². The molecular formula is C28H32ClN3O4S. The molecule has 196 valence electrons. The first-order valence-electron chi connectivity index (χ1n) is 12.0. The van der Waals surface area contributed by atoms with Crippen molar-refractivity contribution in [3.8, 4) is 0 Å². The SMILES string of the molecule is CCC(C(=O)NC)N(Cc1ccc(C)cc1)C(=O)CN(c1cccc(Cl)c1C)S(=O)(=O)c1ccccc1. The molecule has 1 N–H and O–H groups in total. The fraction of sp³-hybridized carbons (Fsp3) is 0.286. The number of nitrogens with one attached hydrogen (secondary N) is 1.